The van der Waals surface area contributed by atoms with Crippen molar-refractivity contribution in [1.82, 2.24) is 0 Å². The molecule has 0 saturated heterocycles. The van der Waals surface area contributed by atoms with Gasteiger partial charge in [-0.1, -0.05) is 182 Å². The highest BCUT2D eigenvalue weighted by atomic mass is 31.2. The molecule has 0 spiro atoms. The first kappa shape index (κ1) is 60.4. The molecular formula is C52H85O11P. The van der Waals surface area contributed by atoms with Gasteiger partial charge in [-0.15, -0.1) is 0 Å². The minimum atomic E-state index is -4.77. The van der Waals surface area contributed by atoms with E-state index in [1.165, 1.54) is 44.9 Å². The fourth-order valence-electron chi connectivity index (χ4n) is 5.91. The molecule has 0 rings (SSSR count). The Hall–Kier alpha value is -3.60. The number of carbonyl (C=O) groups excluding carboxylic acids is 3. The van der Waals surface area contributed by atoms with Gasteiger partial charge in [-0.25, -0.2) is 4.57 Å². The quantitative estimate of drug-likeness (QED) is 0.0197. The predicted molar refractivity (Wildman–Crippen MR) is 260 cm³/mol. The molecular weight excluding hydrogens is 832 g/mol. The molecule has 2 N–H and O–H groups in total. The first-order valence-corrected chi connectivity index (χ1v) is 25.6. The smallest absolute Gasteiger partial charge is 0.462 e. The van der Waals surface area contributed by atoms with Crippen molar-refractivity contribution in [3.63, 3.8) is 0 Å². The van der Waals surface area contributed by atoms with Gasteiger partial charge in [-0.2, -0.15) is 0 Å². The molecule has 0 amide bonds. The van der Waals surface area contributed by atoms with E-state index in [1.807, 2.05) is 30.4 Å². The zero-order valence-electron chi connectivity index (χ0n) is 39.7. The lowest BCUT2D eigenvalue weighted by Crippen LogP contribution is -2.30. The van der Waals surface area contributed by atoms with E-state index in [-0.39, 0.29) is 25.9 Å². The lowest BCUT2D eigenvalue weighted by Gasteiger charge is -2.21. The number of ether oxygens (including phenoxy) is 3. The fourth-order valence-corrected chi connectivity index (χ4v) is 6.69. The molecule has 0 aliphatic heterocycles. The highest BCUT2D eigenvalue weighted by Gasteiger charge is 2.28. The predicted octanol–water partition coefficient (Wildman–Crippen LogP) is 13.4. The van der Waals surface area contributed by atoms with Crippen LogP contribution in [0.1, 0.15) is 175 Å². The lowest BCUT2D eigenvalue weighted by molar-refractivity contribution is -0.161. The normalized spacial score (nSPS) is 14.4. The number of carbonyl (C=O) groups is 3. The maximum atomic E-state index is 12.8. The third-order valence-corrected chi connectivity index (χ3v) is 10.5. The van der Waals surface area contributed by atoms with Crippen LogP contribution in [-0.4, -0.2) is 66.5 Å². The second kappa shape index (κ2) is 45.9. The van der Waals surface area contributed by atoms with Gasteiger partial charge in [0.1, 0.15) is 12.7 Å². The van der Waals surface area contributed by atoms with Gasteiger partial charge >= 0.3 is 25.7 Å². The maximum absolute atomic E-state index is 12.8. The number of hydrogen-bond donors (Lipinski definition) is 2. The van der Waals surface area contributed by atoms with Crippen molar-refractivity contribution in [2.45, 2.75) is 187 Å². The monoisotopic (exact) mass is 917 g/mol. The number of phosphoric ester groups is 1. The van der Waals surface area contributed by atoms with Gasteiger partial charge in [0, 0.05) is 19.3 Å². The van der Waals surface area contributed by atoms with E-state index in [4.69, 9.17) is 23.3 Å². The third kappa shape index (κ3) is 43.6. The maximum Gasteiger partial charge on any atom is 0.472 e. The minimum Gasteiger partial charge on any atom is -0.462 e. The summed E-state index contributed by atoms with van der Waals surface area (Å²) < 4.78 is 39.0. The van der Waals surface area contributed by atoms with Crippen molar-refractivity contribution >= 4 is 25.7 Å². The van der Waals surface area contributed by atoms with Crippen molar-refractivity contribution in [3.8, 4) is 0 Å². The van der Waals surface area contributed by atoms with Crippen molar-refractivity contribution in [3.05, 3.63) is 97.2 Å². The molecule has 3 unspecified atom stereocenters. The summed E-state index contributed by atoms with van der Waals surface area (Å²) in [4.78, 5) is 48.1. The fraction of sp³-hybridized carbons (Fsp3) is 0.635. The molecule has 0 aromatic carbocycles. The number of rotatable bonds is 43. The molecule has 0 saturated carbocycles. The van der Waals surface area contributed by atoms with E-state index in [0.29, 0.717) is 19.3 Å². The van der Waals surface area contributed by atoms with Crippen LogP contribution in [0.4, 0.5) is 0 Å². The van der Waals surface area contributed by atoms with Crippen LogP contribution < -0.4 is 0 Å². The molecule has 0 aromatic rings. The second-order valence-corrected chi connectivity index (χ2v) is 17.0. The summed E-state index contributed by atoms with van der Waals surface area (Å²) in [6.07, 6.45) is 51.4. The average molecular weight is 917 g/mol. The Balaban J connectivity index is 4.91. The molecule has 0 aliphatic rings. The van der Waals surface area contributed by atoms with Crippen LogP contribution in [-0.2, 0) is 42.2 Å². The van der Waals surface area contributed by atoms with Gasteiger partial charge in [0.05, 0.1) is 19.8 Å². The van der Waals surface area contributed by atoms with Gasteiger partial charge in [0.25, 0.3) is 0 Å². The number of phosphoric acid groups is 1. The Morgan fingerprint density at radius 1 is 0.453 bits per heavy atom. The van der Waals surface area contributed by atoms with Crippen molar-refractivity contribution in [2.75, 3.05) is 26.4 Å². The van der Waals surface area contributed by atoms with Crippen LogP contribution >= 0.6 is 7.82 Å². The molecule has 0 aliphatic carbocycles. The summed E-state index contributed by atoms with van der Waals surface area (Å²) in [6, 6.07) is 0. The van der Waals surface area contributed by atoms with Crippen LogP contribution in [0.5, 0.6) is 0 Å². The van der Waals surface area contributed by atoms with Crippen LogP contribution in [0.2, 0.25) is 0 Å². The van der Waals surface area contributed by atoms with E-state index in [9.17, 15) is 28.9 Å². The van der Waals surface area contributed by atoms with Crippen molar-refractivity contribution in [2.24, 2.45) is 0 Å². The molecule has 364 valence electrons. The molecule has 0 bridgehead atoms. The summed E-state index contributed by atoms with van der Waals surface area (Å²) in [5.74, 6) is -1.66. The topological polar surface area (TPSA) is 155 Å². The number of unbranched alkanes of at least 4 members (excludes halogenated alkanes) is 10. The van der Waals surface area contributed by atoms with Crippen molar-refractivity contribution in [1.29, 1.82) is 0 Å². The minimum absolute atomic E-state index is 0.0382. The Morgan fingerprint density at radius 3 is 1.22 bits per heavy atom. The van der Waals surface area contributed by atoms with Gasteiger partial charge in [0.15, 0.2) is 6.10 Å². The standard InChI is InChI=1S/C52H85O11P/c1-4-7-10-13-16-19-22-24-27-30-33-36-39-42-51(55)62-48(44-53)46-60-64(57,58)61-47-49(45-59-50(54)41-38-35-32-29-26-21-18-15-12-9-6-3)63-52(56)43-40-37-34-31-28-25-23-20-17-14-11-8-5-2/h7-8,10-11,16-17,19-20,24-25,27-28,33-34,36-37,48-49,53H,4-6,9,12-15,18,21-23,26,29-32,35,38-47H2,1-3H3,(H,57,58)/b10-7-,11-8-,19-16-,20-17-,27-24-,28-25-,36-33-,37-34-. The summed E-state index contributed by atoms with van der Waals surface area (Å²) in [5.41, 5.74) is 0. The van der Waals surface area contributed by atoms with E-state index in [1.54, 1.807) is 0 Å². The Morgan fingerprint density at radius 2 is 0.812 bits per heavy atom. The summed E-state index contributed by atoms with van der Waals surface area (Å²) >= 11 is 0. The molecule has 0 aromatic heterocycles. The van der Waals surface area contributed by atoms with Crippen LogP contribution in [0.25, 0.3) is 0 Å². The number of allylic oxidation sites excluding steroid dienone is 16. The van der Waals surface area contributed by atoms with E-state index >= 15 is 0 Å². The van der Waals surface area contributed by atoms with Crippen molar-refractivity contribution < 1.29 is 52.2 Å². The second-order valence-electron chi connectivity index (χ2n) is 15.5. The van der Waals surface area contributed by atoms with E-state index < -0.39 is 57.8 Å². The third-order valence-electron chi connectivity index (χ3n) is 9.53. The molecule has 3 atom stereocenters. The Labute approximate surface area is 387 Å². The molecule has 0 fully saturated rings. The molecule has 64 heavy (non-hydrogen) atoms. The SMILES string of the molecule is CC/C=C\C/C=C\C/C=C\C/C=C\CCC(=O)OC(CO)COP(=O)(O)OCC(COC(=O)CCCCCCCCCCCCC)OC(=O)CC/C=C\C/C=C\C/C=C\C/C=C\CC. The van der Waals surface area contributed by atoms with Crippen LogP contribution in [0.3, 0.4) is 0 Å². The molecule has 0 heterocycles. The van der Waals surface area contributed by atoms with E-state index in [0.717, 1.165) is 70.6 Å². The zero-order valence-corrected chi connectivity index (χ0v) is 40.6. The van der Waals surface area contributed by atoms with E-state index in [2.05, 4.69) is 87.6 Å². The van der Waals surface area contributed by atoms with Gasteiger partial charge in [0.2, 0.25) is 0 Å². The number of esters is 3. The molecule has 12 heteroatoms. The molecule has 0 radical (unpaired) electrons. The van der Waals surface area contributed by atoms with Crippen LogP contribution in [0.15, 0.2) is 97.2 Å². The molecule has 11 nitrogen and oxygen atoms in total. The number of aliphatic hydroxyl groups is 1. The van der Waals surface area contributed by atoms with Crippen LogP contribution in [0, 0.1) is 0 Å². The zero-order chi connectivity index (χ0) is 47.0. The van der Waals surface area contributed by atoms with Gasteiger partial charge in [-0.05, 0) is 70.6 Å². The summed E-state index contributed by atoms with van der Waals surface area (Å²) in [7, 11) is -4.77. The summed E-state index contributed by atoms with van der Waals surface area (Å²) in [6.45, 7) is 4.19. The largest absolute Gasteiger partial charge is 0.472 e. The Kier molecular flexibility index (Phi) is 43.4. The highest BCUT2D eigenvalue weighted by molar-refractivity contribution is 7.47. The van der Waals surface area contributed by atoms with Gasteiger partial charge in [-0.3, -0.25) is 23.4 Å². The first-order valence-electron chi connectivity index (χ1n) is 24.1. The van der Waals surface area contributed by atoms with Gasteiger partial charge < -0.3 is 24.2 Å². The highest BCUT2D eigenvalue weighted by Crippen LogP contribution is 2.43. The summed E-state index contributed by atoms with van der Waals surface area (Å²) in [5, 5.41) is 9.73. The number of hydrogen-bond acceptors (Lipinski definition) is 10. The number of aliphatic hydroxyl groups excluding tert-OH is 1. The lowest BCUT2D eigenvalue weighted by atomic mass is 10.1. The first-order chi connectivity index (χ1) is 31.2. The Bertz CT molecular complexity index is 1440. The average Bonchev–Trinajstić information content (AvgIpc) is 3.28.